The molecule has 0 aliphatic carbocycles. The molecule has 2 aromatic heterocycles. The average Bonchev–Trinajstić information content (AvgIpc) is 3.78. The normalized spacial score (nSPS) is 22.2. The van der Waals surface area contributed by atoms with Crippen LogP contribution in [-0.2, 0) is 27.2 Å². The Morgan fingerprint density at radius 1 is 0.935 bits per heavy atom. The fourth-order valence-electron chi connectivity index (χ4n) is 6.96. The average molecular weight is 637 g/mol. The van der Waals surface area contributed by atoms with Crippen molar-refractivity contribution < 1.29 is 33.4 Å². The molecule has 2 saturated heterocycles. The third kappa shape index (κ3) is 6.09. The highest BCUT2D eigenvalue weighted by Crippen LogP contribution is 2.39. The van der Waals surface area contributed by atoms with Crippen molar-refractivity contribution in [3.63, 3.8) is 0 Å². The van der Waals surface area contributed by atoms with Gasteiger partial charge in [0.2, 0.25) is 18.2 Å². The Bertz CT molecular complexity index is 1790. The van der Waals surface area contributed by atoms with Gasteiger partial charge >= 0.3 is 0 Å². The van der Waals surface area contributed by atoms with E-state index in [0.29, 0.717) is 48.1 Å². The number of H-pyrrole nitrogens is 2. The van der Waals surface area contributed by atoms with Crippen molar-refractivity contribution in [3.8, 4) is 11.4 Å². The summed E-state index contributed by atoms with van der Waals surface area (Å²) < 4.78 is 28.9. The van der Waals surface area contributed by atoms with Crippen LogP contribution in [0.1, 0.15) is 30.9 Å². The minimum absolute atomic E-state index is 0.107. The first kappa shape index (κ1) is 31.6. The van der Waals surface area contributed by atoms with Crippen LogP contribution in [0.25, 0.3) is 33.2 Å². The van der Waals surface area contributed by atoms with E-state index < -0.39 is 35.9 Å². The van der Waals surface area contributed by atoms with E-state index in [0.717, 1.165) is 28.3 Å². The minimum Gasteiger partial charge on any atom is -0.391 e. The van der Waals surface area contributed by atoms with Crippen molar-refractivity contribution in [2.75, 3.05) is 26.7 Å². The lowest BCUT2D eigenvalue weighted by molar-refractivity contribution is -0.134. The van der Waals surface area contributed by atoms with E-state index in [1.165, 1.54) is 24.3 Å². The number of β-amino-alcohol motifs (C(OH)–C–C–N with tert-alkyl or cyclic N) is 2. The summed E-state index contributed by atoms with van der Waals surface area (Å²) >= 11 is 0. The predicted octanol–water partition coefficient (Wildman–Crippen LogP) is 1.96. The molecule has 4 aromatic rings. The van der Waals surface area contributed by atoms with Crippen molar-refractivity contribution in [2.24, 2.45) is 0 Å². The lowest BCUT2D eigenvalue weighted by atomic mass is 9.95. The first-order valence-electron chi connectivity index (χ1n) is 15.5. The molecule has 46 heavy (non-hydrogen) atoms. The molecule has 6 rings (SSSR count). The van der Waals surface area contributed by atoms with Gasteiger partial charge in [-0.3, -0.25) is 14.4 Å². The van der Waals surface area contributed by atoms with Crippen LogP contribution in [0.5, 0.6) is 0 Å². The van der Waals surface area contributed by atoms with Crippen LogP contribution in [-0.4, -0.2) is 105 Å². The van der Waals surface area contributed by atoms with Crippen molar-refractivity contribution in [3.05, 3.63) is 59.2 Å². The van der Waals surface area contributed by atoms with Gasteiger partial charge in [-0.2, -0.15) is 0 Å². The minimum atomic E-state index is -0.762. The maximum absolute atomic E-state index is 14.5. The Morgan fingerprint density at radius 2 is 1.48 bits per heavy atom. The van der Waals surface area contributed by atoms with Gasteiger partial charge in [-0.15, -0.1) is 0 Å². The second-order valence-corrected chi connectivity index (χ2v) is 12.4. The Morgan fingerprint density at radius 3 is 2.04 bits per heavy atom. The monoisotopic (exact) mass is 636 g/mol. The van der Waals surface area contributed by atoms with Crippen molar-refractivity contribution in [2.45, 2.75) is 62.9 Å². The maximum atomic E-state index is 14.5. The quantitative estimate of drug-likeness (QED) is 0.146. The topological polar surface area (TPSA) is 154 Å². The van der Waals surface area contributed by atoms with Gasteiger partial charge in [0.05, 0.1) is 36.2 Å². The van der Waals surface area contributed by atoms with Crippen LogP contribution in [0.2, 0.25) is 0 Å². The number of rotatable bonds is 10. The van der Waals surface area contributed by atoms with Crippen LogP contribution in [0.3, 0.4) is 0 Å². The number of nitrogens with zero attached hydrogens (tertiary/aromatic N) is 2. The molecule has 11 nitrogen and oxygen atoms in total. The smallest absolute Gasteiger partial charge is 0.242 e. The molecule has 5 unspecified atom stereocenters. The first-order valence-corrected chi connectivity index (χ1v) is 15.5. The molecule has 0 spiro atoms. The van der Waals surface area contributed by atoms with E-state index in [1.807, 2.05) is 0 Å². The van der Waals surface area contributed by atoms with Gasteiger partial charge in [0.25, 0.3) is 0 Å². The van der Waals surface area contributed by atoms with Gasteiger partial charge in [-0.05, 0) is 87.2 Å². The summed E-state index contributed by atoms with van der Waals surface area (Å²) in [4.78, 5) is 47.3. The maximum Gasteiger partial charge on any atom is 0.242 e. The molecule has 0 radical (unpaired) electrons. The summed E-state index contributed by atoms with van der Waals surface area (Å²) in [6.07, 6.45) is 0.674. The molecule has 13 heteroatoms. The number of aromatic amines is 2. The standard InChI is InChI=1S/C33H38F2N6O5/c1-17(36-2)33(46)37-13-30(45)41-15-23(44)10-21(41)12-27-25-6-4-19(35)8-29(25)39-32(27)31-26(11-20-9-22(43)14-40(20)16-42)24-5-3-18(34)7-28(24)38-31/h3-8,16-17,20-23,36,38-39,43-44H,9-15H2,1-2H3,(H,37,46). The molecule has 5 atom stereocenters. The Kier molecular flexibility index (Phi) is 8.82. The number of carbonyl (C=O) groups is 3. The molecule has 2 fully saturated rings. The van der Waals surface area contributed by atoms with Crippen LogP contribution in [0.15, 0.2) is 36.4 Å². The highest BCUT2D eigenvalue weighted by Gasteiger charge is 2.37. The molecule has 3 amide bonds. The lowest BCUT2D eigenvalue weighted by Crippen LogP contribution is -2.47. The van der Waals surface area contributed by atoms with Crippen LogP contribution in [0, 0.1) is 11.6 Å². The molecule has 2 aromatic carbocycles. The van der Waals surface area contributed by atoms with Gasteiger partial charge in [0.15, 0.2) is 0 Å². The molecule has 4 heterocycles. The SMILES string of the molecule is CNC(C)C(=O)NCC(=O)N1CC(O)CC1Cc1c(-c2[nH]c3cc(F)ccc3c2CC2CC(O)CN2C=O)[nH]c2cc(F)ccc12. The summed E-state index contributed by atoms with van der Waals surface area (Å²) in [5.74, 6) is -1.52. The summed E-state index contributed by atoms with van der Waals surface area (Å²) in [6.45, 7) is 1.79. The van der Waals surface area contributed by atoms with Gasteiger partial charge in [0, 0.05) is 47.0 Å². The number of nitrogens with one attached hydrogen (secondary N) is 4. The zero-order valence-corrected chi connectivity index (χ0v) is 25.6. The van der Waals surface area contributed by atoms with Gasteiger partial charge in [0.1, 0.15) is 11.6 Å². The predicted molar refractivity (Wildman–Crippen MR) is 168 cm³/mol. The number of carbonyl (C=O) groups excluding carboxylic acids is 3. The highest BCUT2D eigenvalue weighted by atomic mass is 19.1. The molecule has 6 N–H and O–H groups in total. The van der Waals surface area contributed by atoms with E-state index in [9.17, 15) is 33.4 Å². The number of aliphatic hydroxyl groups excluding tert-OH is 2. The molecule has 0 bridgehead atoms. The third-order valence-corrected chi connectivity index (χ3v) is 9.39. The fraction of sp³-hybridized carbons (Fsp3) is 0.424. The van der Waals surface area contributed by atoms with E-state index in [1.54, 1.807) is 35.9 Å². The Hall–Kier alpha value is -4.33. The number of hydrogen-bond donors (Lipinski definition) is 6. The Balaban J connectivity index is 1.41. The van der Waals surface area contributed by atoms with E-state index in [4.69, 9.17) is 0 Å². The highest BCUT2D eigenvalue weighted by molar-refractivity contribution is 5.96. The summed E-state index contributed by atoms with van der Waals surface area (Å²) in [5.41, 5.74) is 3.88. The third-order valence-electron chi connectivity index (χ3n) is 9.39. The number of halogens is 2. The number of fused-ring (bicyclic) bond motifs is 2. The summed E-state index contributed by atoms with van der Waals surface area (Å²) in [6, 6.07) is 7.65. The number of amides is 3. The number of aromatic nitrogens is 2. The molecular formula is C33H38F2N6O5. The van der Waals surface area contributed by atoms with E-state index in [2.05, 4.69) is 20.6 Å². The zero-order valence-electron chi connectivity index (χ0n) is 25.6. The van der Waals surface area contributed by atoms with Crippen LogP contribution in [0.4, 0.5) is 8.78 Å². The van der Waals surface area contributed by atoms with Crippen molar-refractivity contribution >= 4 is 40.0 Å². The van der Waals surface area contributed by atoms with E-state index >= 15 is 0 Å². The lowest BCUT2D eigenvalue weighted by Gasteiger charge is -2.25. The second kappa shape index (κ2) is 12.8. The van der Waals surface area contributed by atoms with Gasteiger partial charge in [-0.1, -0.05) is 0 Å². The first-order chi connectivity index (χ1) is 22.1. The van der Waals surface area contributed by atoms with Gasteiger partial charge in [-0.25, -0.2) is 8.78 Å². The zero-order chi connectivity index (χ0) is 32.7. The number of likely N-dealkylation sites (N-methyl/N-ethyl adjacent to an activating group) is 1. The second-order valence-electron chi connectivity index (χ2n) is 12.4. The number of likely N-dealkylation sites (tertiary alicyclic amines) is 2. The van der Waals surface area contributed by atoms with Crippen LogP contribution < -0.4 is 10.6 Å². The molecule has 2 aliphatic rings. The molecule has 0 saturated carbocycles. The molecular weight excluding hydrogens is 598 g/mol. The van der Waals surface area contributed by atoms with E-state index in [-0.39, 0.29) is 37.5 Å². The molecule has 244 valence electrons. The van der Waals surface area contributed by atoms with Gasteiger partial charge < -0.3 is 40.6 Å². The summed E-state index contributed by atoms with van der Waals surface area (Å²) in [7, 11) is 1.65. The largest absolute Gasteiger partial charge is 0.391 e. The summed E-state index contributed by atoms with van der Waals surface area (Å²) in [5, 5.41) is 27.9. The fourth-order valence-corrected chi connectivity index (χ4v) is 6.96. The van der Waals surface area contributed by atoms with Crippen molar-refractivity contribution in [1.29, 1.82) is 0 Å². The molecule has 2 aliphatic heterocycles. The number of benzene rings is 2. The van der Waals surface area contributed by atoms with Crippen molar-refractivity contribution in [1.82, 2.24) is 30.4 Å². The van der Waals surface area contributed by atoms with Crippen LogP contribution >= 0.6 is 0 Å². The Labute approximate surface area is 263 Å². The number of hydrogen-bond acceptors (Lipinski definition) is 6. The number of aliphatic hydroxyl groups is 2.